The van der Waals surface area contributed by atoms with E-state index in [0.717, 1.165) is 24.7 Å². The van der Waals surface area contributed by atoms with Crippen LogP contribution < -0.4 is 5.32 Å². The lowest BCUT2D eigenvalue weighted by Gasteiger charge is -2.31. The van der Waals surface area contributed by atoms with Gasteiger partial charge in [-0.25, -0.2) is 4.68 Å². The molecule has 0 unspecified atom stereocenters. The first kappa shape index (κ1) is 15.3. The Kier molecular flexibility index (Phi) is 5.24. The van der Waals surface area contributed by atoms with E-state index in [1.165, 1.54) is 38.0 Å². The Balaban J connectivity index is 1.51. The van der Waals surface area contributed by atoms with Crippen molar-refractivity contribution >= 4 is 0 Å². The number of hydrogen-bond acceptors (Lipinski definition) is 3. The van der Waals surface area contributed by atoms with Gasteiger partial charge in [-0.3, -0.25) is 4.90 Å². The van der Waals surface area contributed by atoms with Crippen molar-refractivity contribution in [1.82, 2.24) is 20.0 Å². The topological polar surface area (TPSA) is 33.1 Å². The summed E-state index contributed by atoms with van der Waals surface area (Å²) < 4.78 is 1.97. The van der Waals surface area contributed by atoms with Crippen molar-refractivity contribution in [3.05, 3.63) is 48.3 Å². The number of benzene rings is 1. The number of nitrogens with one attached hydrogen (secondary N) is 1. The van der Waals surface area contributed by atoms with Crippen molar-refractivity contribution in [2.24, 2.45) is 5.92 Å². The first-order valence-electron chi connectivity index (χ1n) is 8.37. The predicted molar refractivity (Wildman–Crippen MR) is 90.1 cm³/mol. The summed E-state index contributed by atoms with van der Waals surface area (Å²) in [6.45, 7) is 7.86. The molecule has 0 aliphatic carbocycles. The summed E-state index contributed by atoms with van der Waals surface area (Å²) in [5, 5.41) is 7.96. The molecular weight excluding hydrogens is 272 g/mol. The lowest BCUT2D eigenvalue weighted by molar-refractivity contribution is 0.176. The molecule has 1 N–H and O–H groups in total. The normalized spacial score (nSPS) is 17.0. The molecule has 1 fully saturated rings. The maximum atomic E-state index is 4.49. The first-order chi connectivity index (χ1) is 10.8. The highest BCUT2D eigenvalue weighted by Crippen LogP contribution is 2.18. The van der Waals surface area contributed by atoms with Crippen LogP contribution in [0.25, 0.3) is 5.69 Å². The molecule has 2 aromatic rings. The Morgan fingerprint density at radius 1 is 1.18 bits per heavy atom. The summed E-state index contributed by atoms with van der Waals surface area (Å²) in [5.41, 5.74) is 2.42. The zero-order chi connectivity index (χ0) is 15.2. The van der Waals surface area contributed by atoms with E-state index in [1.807, 2.05) is 29.1 Å². The van der Waals surface area contributed by atoms with Gasteiger partial charge in [0.15, 0.2) is 0 Å². The quantitative estimate of drug-likeness (QED) is 0.890. The van der Waals surface area contributed by atoms with Gasteiger partial charge in [0.1, 0.15) is 0 Å². The number of piperidine rings is 1. The largest absolute Gasteiger partial charge is 0.317 e. The van der Waals surface area contributed by atoms with E-state index in [4.69, 9.17) is 0 Å². The molecule has 1 saturated heterocycles. The molecular formula is C18H26N4. The van der Waals surface area contributed by atoms with Gasteiger partial charge in [-0.15, -0.1) is 0 Å². The Hall–Kier alpha value is -1.65. The zero-order valence-corrected chi connectivity index (χ0v) is 13.4. The standard InChI is InChI=1S/C18H26N4/c1-2-19-12-16-8-10-21(11-9-16)14-17-13-20-22(15-17)18-6-4-3-5-7-18/h3-7,13,15-16,19H,2,8-12,14H2,1H3. The molecule has 4 nitrogen and oxygen atoms in total. The third-order valence-corrected chi connectivity index (χ3v) is 4.45. The third-order valence-electron chi connectivity index (χ3n) is 4.45. The molecule has 3 rings (SSSR count). The zero-order valence-electron chi connectivity index (χ0n) is 13.4. The average molecular weight is 298 g/mol. The number of para-hydroxylation sites is 1. The monoisotopic (exact) mass is 298 g/mol. The van der Waals surface area contributed by atoms with Gasteiger partial charge in [-0.05, 0) is 57.1 Å². The summed E-state index contributed by atoms with van der Waals surface area (Å²) in [5.74, 6) is 0.850. The van der Waals surface area contributed by atoms with Crippen molar-refractivity contribution < 1.29 is 0 Å². The molecule has 1 aromatic carbocycles. The Morgan fingerprint density at radius 2 is 1.95 bits per heavy atom. The second-order valence-corrected chi connectivity index (χ2v) is 6.16. The summed E-state index contributed by atoms with van der Waals surface area (Å²) in [4.78, 5) is 2.55. The molecule has 0 saturated carbocycles. The van der Waals surface area contributed by atoms with Crippen LogP contribution in [0.2, 0.25) is 0 Å². The third kappa shape index (κ3) is 3.96. The number of aromatic nitrogens is 2. The van der Waals surface area contributed by atoms with E-state index in [0.29, 0.717) is 0 Å². The molecule has 118 valence electrons. The molecule has 1 aliphatic rings. The van der Waals surface area contributed by atoms with Gasteiger partial charge < -0.3 is 5.32 Å². The number of nitrogens with zero attached hydrogens (tertiary/aromatic N) is 3. The van der Waals surface area contributed by atoms with E-state index in [2.05, 4.69) is 40.6 Å². The fourth-order valence-corrected chi connectivity index (χ4v) is 3.12. The van der Waals surface area contributed by atoms with E-state index < -0.39 is 0 Å². The first-order valence-corrected chi connectivity index (χ1v) is 8.37. The van der Waals surface area contributed by atoms with E-state index >= 15 is 0 Å². The lowest BCUT2D eigenvalue weighted by atomic mass is 9.96. The van der Waals surface area contributed by atoms with Crippen LogP contribution in [0.15, 0.2) is 42.7 Å². The van der Waals surface area contributed by atoms with E-state index in [-0.39, 0.29) is 0 Å². The highest BCUT2D eigenvalue weighted by Gasteiger charge is 2.19. The molecule has 1 aliphatic heterocycles. The van der Waals surface area contributed by atoms with Crippen molar-refractivity contribution in [1.29, 1.82) is 0 Å². The van der Waals surface area contributed by atoms with Gasteiger partial charge in [0, 0.05) is 18.3 Å². The van der Waals surface area contributed by atoms with Crippen LogP contribution in [0.1, 0.15) is 25.3 Å². The van der Waals surface area contributed by atoms with Crippen molar-refractivity contribution in [2.45, 2.75) is 26.3 Å². The van der Waals surface area contributed by atoms with E-state index in [9.17, 15) is 0 Å². The Morgan fingerprint density at radius 3 is 2.68 bits per heavy atom. The molecule has 0 bridgehead atoms. The van der Waals surface area contributed by atoms with Gasteiger partial charge in [0.2, 0.25) is 0 Å². The molecule has 0 radical (unpaired) electrons. The summed E-state index contributed by atoms with van der Waals surface area (Å²) in [6.07, 6.45) is 6.76. The predicted octanol–water partition coefficient (Wildman–Crippen LogP) is 2.69. The molecule has 0 atom stereocenters. The summed E-state index contributed by atoms with van der Waals surface area (Å²) in [7, 11) is 0. The smallest absolute Gasteiger partial charge is 0.0645 e. The average Bonchev–Trinajstić information content (AvgIpc) is 3.04. The molecule has 2 heterocycles. The fraction of sp³-hybridized carbons (Fsp3) is 0.500. The Bertz CT molecular complexity index is 555. The highest BCUT2D eigenvalue weighted by molar-refractivity contribution is 5.30. The number of likely N-dealkylation sites (tertiary alicyclic amines) is 1. The van der Waals surface area contributed by atoms with Crippen LogP contribution in [0, 0.1) is 5.92 Å². The van der Waals surface area contributed by atoms with Crippen LogP contribution in [0.5, 0.6) is 0 Å². The second kappa shape index (κ2) is 7.56. The fourth-order valence-electron chi connectivity index (χ4n) is 3.12. The van der Waals surface area contributed by atoms with Crippen LogP contribution in [-0.2, 0) is 6.54 Å². The van der Waals surface area contributed by atoms with Gasteiger partial charge >= 0.3 is 0 Å². The van der Waals surface area contributed by atoms with Gasteiger partial charge in [-0.1, -0.05) is 25.1 Å². The number of rotatable bonds is 6. The second-order valence-electron chi connectivity index (χ2n) is 6.16. The minimum absolute atomic E-state index is 0.850. The van der Waals surface area contributed by atoms with Crippen LogP contribution in [0.3, 0.4) is 0 Å². The van der Waals surface area contributed by atoms with Gasteiger partial charge in [0.05, 0.1) is 11.9 Å². The highest BCUT2D eigenvalue weighted by atomic mass is 15.3. The molecule has 0 spiro atoms. The molecule has 4 heteroatoms. The lowest BCUT2D eigenvalue weighted by Crippen LogP contribution is -2.36. The molecule has 1 aromatic heterocycles. The minimum atomic E-state index is 0.850. The molecule has 0 amide bonds. The maximum Gasteiger partial charge on any atom is 0.0645 e. The summed E-state index contributed by atoms with van der Waals surface area (Å²) >= 11 is 0. The summed E-state index contributed by atoms with van der Waals surface area (Å²) in [6, 6.07) is 10.3. The number of hydrogen-bond donors (Lipinski definition) is 1. The van der Waals surface area contributed by atoms with Crippen molar-refractivity contribution in [3.63, 3.8) is 0 Å². The maximum absolute atomic E-state index is 4.49. The SMILES string of the molecule is CCNCC1CCN(Cc2cnn(-c3ccccc3)c2)CC1. The van der Waals surface area contributed by atoms with Crippen LogP contribution in [0.4, 0.5) is 0 Å². The van der Waals surface area contributed by atoms with Crippen LogP contribution in [-0.4, -0.2) is 40.9 Å². The molecule has 22 heavy (non-hydrogen) atoms. The van der Waals surface area contributed by atoms with Gasteiger partial charge in [0.25, 0.3) is 0 Å². The van der Waals surface area contributed by atoms with Gasteiger partial charge in [-0.2, -0.15) is 5.10 Å². The minimum Gasteiger partial charge on any atom is -0.317 e. The van der Waals surface area contributed by atoms with Crippen LogP contribution >= 0.6 is 0 Å². The van der Waals surface area contributed by atoms with E-state index in [1.54, 1.807) is 0 Å². The van der Waals surface area contributed by atoms with Crippen molar-refractivity contribution in [3.8, 4) is 5.69 Å². The Labute approximate surface area is 133 Å². The van der Waals surface area contributed by atoms with Crippen molar-refractivity contribution in [2.75, 3.05) is 26.2 Å².